The van der Waals surface area contributed by atoms with E-state index in [4.69, 9.17) is 9.47 Å². The molecular formula is C26H32O3. The molecular weight excluding hydrogens is 360 g/mol. The highest BCUT2D eigenvalue weighted by Crippen LogP contribution is 2.47. The first-order chi connectivity index (χ1) is 13.6. The van der Waals surface area contributed by atoms with Crippen LogP contribution in [0.1, 0.15) is 71.1 Å². The summed E-state index contributed by atoms with van der Waals surface area (Å²) in [6.45, 7) is 13.4. The number of ether oxygens (including phenoxy) is 2. The molecule has 154 valence electrons. The molecule has 2 aromatic rings. The number of benzene rings is 2. The van der Waals surface area contributed by atoms with E-state index >= 15 is 0 Å². The van der Waals surface area contributed by atoms with Gasteiger partial charge in [-0.3, -0.25) is 0 Å². The van der Waals surface area contributed by atoms with Gasteiger partial charge >= 0.3 is 5.97 Å². The predicted molar refractivity (Wildman–Crippen MR) is 119 cm³/mol. The molecule has 0 heterocycles. The lowest BCUT2D eigenvalue weighted by Gasteiger charge is -2.41. The molecule has 0 amide bonds. The minimum absolute atomic E-state index is 0.156. The largest absolute Gasteiger partial charge is 0.463 e. The van der Waals surface area contributed by atoms with Crippen LogP contribution in [0.25, 0.3) is 5.57 Å². The predicted octanol–water partition coefficient (Wildman–Crippen LogP) is 6.79. The van der Waals surface area contributed by atoms with Crippen molar-refractivity contribution in [2.45, 2.75) is 65.2 Å². The average Bonchev–Trinajstić information content (AvgIpc) is 2.66. The first-order valence-electron chi connectivity index (χ1n) is 10.4. The van der Waals surface area contributed by atoms with Crippen LogP contribution in [-0.4, -0.2) is 12.6 Å². The van der Waals surface area contributed by atoms with Crippen molar-refractivity contribution in [3.8, 4) is 11.5 Å². The van der Waals surface area contributed by atoms with Crippen molar-refractivity contribution >= 4 is 11.5 Å². The summed E-state index contributed by atoms with van der Waals surface area (Å²) >= 11 is 0. The summed E-state index contributed by atoms with van der Waals surface area (Å²) < 4.78 is 11.1. The molecule has 0 unspecified atom stereocenters. The van der Waals surface area contributed by atoms with Gasteiger partial charge in [0, 0.05) is 6.08 Å². The minimum atomic E-state index is -0.315. The third kappa shape index (κ3) is 4.72. The van der Waals surface area contributed by atoms with Crippen LogP contribution in [0.5, 0.6) is 11.5 Å². The van der Waals surface area contributed by atoms with Crippen molar-refractivity contribution < 1.29 is 14.3 Å². The van der Waals surface area contributed by atoms with Gasteiger partial charge in [0.15, 0.2) is 0 Å². The van der Waals surface area contributed by atoms with E-state index in [-0.39, 0.29) is 16.8 Å². The molecule has 0 aromatic heterocycles. The van der Waals surface area contributed by atoms with E-state index in [2.05, 4.69) is 45.9 Å². The second-order valence-electron chi connectivity index (χ2n) is 9.18. The van der Waals surface area contributed by atoms with Crippen LogP contribution in [0.4, 0.5) is 0 Å². The van der Waals surface area contributed by atoms with E-state index < -0.39 is 0 Å². The number of carbonyl (C=O) groups is 1. The fraction of sp³-hybridized carbons (Fsp3) is 0.423. The van der Waals surface area contributed by atoms with Crippen LogP contribution in [0, 0.1) is 0 Å². The summed E-state index contributed by atoms with van der Waals surface area (Å²) in [5, 5.41) is 0. The SMILES string of the molecule is CCOC(=O)/C=C(\C)c1ccc(Oc2ccc3c(c2)C(C)(C)CCC3(C)C)cc1. The Morgan fingerprint density at radius 1 is 0.931 bits per heavy atom. The Hall–Kier alpha value is -2.55. The molecule has 0 saturated carbocycles. The molecule has 1 aliphatic rings. The summed E-state index contributed by atoms with van der Waals surface area (Å²) in [6, 6.07) is 14.3. The summed E-state index contributed by atoms with van der Waals surface area (Å²) in [7, 11) is 0. The van der Waals surface area contributed by atoms with Crippen molar-refractivity contribution in [1.29, 1.82) is 0 Å². The average molecular weight is 393 g/mol. The van der Waals surface area contributed by atoms with E-state index in [0.717, 1.165) is 22.6 Å². The van der Waals surface area contributed by atoms with E-state index in [9.17, 15) is 4.79 Å². The summed E-state index contributed by atoms with van der Waals surface area (Å²) in [5.74, 6) is 1.33. The first kappa shape index (κ1) is 21.2. The summed E-state index contributed by atoms with van der Waals surface area (Å²) in [4.78, 5) is 11.6. The van der Waals surface area contributed by atoms with E-state index in [1.807, 2.05) is 31.2 Å². The molecule has 2 aromatic carbocycles. The van der Waals surface area contributed by atoms with Crippen LogP contribution >= 0.6 is 0 Å². The smallest absolute Gasteiger partial charge is 0.331 e. The Balaban J connectivity index is 1.80. The maximum absolute atomic E-state index is 11.6. The second-order valence-corrected chi connectivity index (χ2v) is 9.18. The van der Waals surface area contributed by atoms with E-state index in [1.54, 1.807) is 6.92 Å². The third-order valence-corrected chi connectivity index (χ3v) is 5.99. The first-order valence-corrected chi connectivity index (χ1v) is 10.4. The number of allylic oxidation sites excluding steroid dienone is 1. The highest BCUT2D eigenvalue weighted by Gasteiger charge is 2.37. The van der Waals surface area contributed by atoms with Gasteiger partial charge in [0.2, 0.25) is 0 Å². The van der Waals surface area contributed by atoms with Gasteiger partial charge in [0.1, 0.15) is 11.5 Å². The molecule has 29 heavy (non-hydrogen) atoms. The van der Waals surface area contributed by atoms with Crippen molar-refractivity contribution in [2.24, 2.45) is 0 Å². The van der Waals surface area contributed by atoms with Crippen LogP contribution in [0.2, 0.25) is 0 Å². The fourth-order valence-corrected chi connectivity index (χ4v) is 4.00. The van der Waals surface area contributed by atoms with Gasteiger partial charge in [-0.1, -0.05) is 45.9 Å². The van der Waals surface area contributed by atoms with Crippen molar-refractivity contribution in [2.75, 3.05) is 6.61 Å². The van der Waals surface area contributed by atoms with Gasteiger partial charge in [-0.05, 0) is 84.0 Å². The van der Waals surface area contributed by atoms with Gasteiger partial charge in [0.25, 0.3) is 0 Å². The number of esters is 1. The van der Waals surface area contributed by atoms with Gasteiger partial charge in [-0.25, -0.2) is 4.79 Å². The van der Waals surface area contributed by atoms with E-state index in [0.29, 0.717) is 6.61 Å². The Kier molecular flexibility index (Phi) is 5.88. The maximum Gasteiger partial charge on any atom is 0.331 e. The zero-order valence-electron chi connectivity index (χ0n) is 18.5. The molecule has 0 N–H and O–H groups in total. The summed E-state index contributed by atoms with van der Waals surface area (Å²) in [6.07, 6.45) is 3.90. The van der Waals surface area contributed by atoms with Crippen molar-refractivity contribution in [3.63, 3.8) is 0 Å². The van der Waals surface area contributed by atoms with Gasteiger partial charge in [-0.2, -0.15) is 0 Å². The Morgan fingerprint density at radius 3 is 2.14 bits per heavy atom. The van der Waals surface area contributed by atoms with Crippen LogP contribution in [0.3, 0.4) is 0 Å². The Bertz CT molecular complexity index is 917. The lowest BCUT2D eigenvalue weighted by molar-refractivity contribution is -0.137. The lowest BCUT2D eigenvalue weighted by Crippen LogP contribution is -2.33. The second kappa shape index (κ2) is 8.06. The van der Waals surface area contributed by atoms with E-state index in [1.165, 1.54) is 30.0 Å². The van der Waals surface area contributed by atoms with Gasteiger partial charge in [0.05, 0.1) is 6.61 Å². The molecule has 3 heteroatoms. The lowest BCUT2D eigenvalue weighted by atomic mass is 9.63. The third-order valence-electron chi connectivity index (χ3n) is 5.99. The molecule has 3 rings (SSSR count). The number of fused-ring (bicyclic) bond motifs is 1. The van der Waals surface area contributed by atoms with Gasteiger partial charge < -0.3 is 9.47 Å². The highest BCUT2D eigenvalue weighted by molar-refractivity contribution is 5.90. The molecule has 0 spiro atoms. The van der Waals surface area contributed by atoms with Crippen molar-refractivity contribution in [3.05, 3.63) is 65.2 Å². The zero-order chi connectivity index (χ0) is 21.2. The standard InChI is InChI=1S/C26H32O3/c1-7-28-24(27)16-18(2)19-8-10-20(11-9-19)29-21-12-13-22-23(17-21)26(5,6)15-14-25(22,3)4/h8-13,16-17H,7,14-15H2,1-6H3/b18-16+. The number of hydrogen-bond donors (Lipinski definition) is 0. The van der Waals surface area contributed by atoms with Crippen LogP contribution in [0.15, 0.2) is 48.5 Å². The Labute approximate surface area is 174 Å². The Morgan fingerprint density at radius 2 is 1.52 bits per heavy atom. The molecule has 0 saturated heterocycles. The normalized spacial score (nSPS) is 17.4. The molecule has 0 radical (unpaired) electrons. The number of carbonyl (C=O) groups excluding carboxylic acids is 1. The molecule has 0 aliphatic heterocycles. The van der Waals surface area contributed by atoms with Crippen LogP contribution in [-0.2, 0) is 20.4 Å². The number of hydrogen-bond acceptors (Lipinski definition) is 3. The van der Waals surface area contributed by atoms with Gasteiger partial charge in [-0.15, -0.1) is 0 Å². The highest BCUT2D eigenvalue weighted by atomic mass is 16.5. The maximum atomic E-state index is 11.6. The summed E-state index contributed by atoms with van der Waals surface area (Å²) in [5.41, 5.74) is 5.01. The molecule has 1 aliphatic carbocycles. The molecule has 3 nitrogen and oxygen atoms in total. The topological polar surface area (TPSA) is 35.5 Å². The molecule has 0 fully saturated rings. The number of rotatable bonds is 5. The molecule has 0 atom stereocenters. The monoisotopic (exact) mass is 392 g/mol. The molecule has 0 bridgehead atoms. The zero-order valence-corrected chi connectivity index (χ0v) is 18.5. The van der Waals surface area contributed by atoms with Crippen molar-refractivity contribution in [1.82, 2.24) is 0 Å². The quantitative estimate of drug-likeness (QED) is 0.415. The van der Waals surface area contributed by atoms with Crippen LogP contribution < -0.4 is 4.74 Å². The fourth-order valence-electron chi connectivity index (χ4n) is 4.00. The minimum Gasteiger partial charge on any atom is -0.463 e.